The highest BCUT2D eigenvalue weighted by molar-refractivity contribution is 6.29. The van der Waals surface area contributed by atoms with E-state index in [1.54, 1.807) is 18.2 Å². The average molecular weight is 278 g/mol. The molecule has 0 aliphatic heterocycles. The molecule has 0 saturated heterocycles. The number of nitrogens with one attached hydrogen (secondary N) is 1. The molecule has 1 amide bonds. The highest BCUT2D eigenvalue weighted by Crippen LogP contribution is 2.07. The number of hydrogen-bond donors (Lipinski definition) is 1. The Labute approximate surface area is 114 Å². The summed E-state index contributed by atoms with van der Waals surface area (Å²) in [6.07, 6.45) is 5.58. The predicted molar refractivity (Wildman–Crippen MR) is 71.1 cm³/mol. The monoisotopic (exact) mass is 277 g/mol. The molecule has 0 saturated carbocycles. The second kappa shape index (κ2) is 6.06. The van der Waals surface area contributed by atoms with E-state index in [4.69, 9.17) is 11.6 Å². The Hall–Kier alpha value is -2.27. The van der Waals surface area contributed by atoms with Gasteiger partial charge in [0.1, 0.15) is 11.0 Å². The highest BCUT2D eigenvalue weighted by Gasteiger charge is 1.99. The summed E-state index contributed by atoms with van der Waals surface area (Å²) in [5, 5.41) is 2.77. The van der Waals surface area contributed by atoms with Crippen molar-refractivity contribution in [1.29, 1.82) is 0 Å². The van der Waals surface area contributed by atoms with E-state index in [0.29, 0.717) is 5.82 Å². The topological polar surface area (TPSA) is 54.9 Å². The van der Waals surface area contributed by atoms with Crippen molar-refractivity contribution in [2.75, 3.05) is 5.32 Å². The fourth-order valence-electron chi connectivity index (χ4n) is 1.29. The summed E-state index contributed by atoms with van der Waals surface area (Å²) in [6, 6.07) is 5.78. The summed E-state index contributed by atoms with van der Waals surface area (Å²) < 4.78 is 12.7. The van der Waals surface area contributed by atoms with Crippen LogP contribution in [0, 0.1) is 5.82 Å². The number of anilines is 1. The van der Waals surface area contributed by atoms with Crippen molar-refractivity contribution >= 4 is 29.4 Å². The standard InChI is InChI=1S/C13H9ClFN3O/c14-11-7-17-12(8-16-11)18-13(19)6-3-9-1-4-10(15)5-2-9/h1-8H,(H,17,18,19)/b6-3+. The quantitative estimate of drug-likeness (QED) is 0.878. The van der Waals surface area contributed by atoms with Gasteiger partial charge in [0.25, 0.3) is 0 Å². The Morgan fingerprint density at radius 1 is 1.21 bits per heavy atom. The van der Waals surface area contributed by atoms with E-state index in [1.807, 2.05) is 0 Å². The maximum Gasteiger partial charge on any atom is 0.249 e. The van der Waals surface area contributed by atoms with Crippen LogP contribution in [0.3, 0.4) is 0 Å². The molecule has 0 aliphatic rings. The molecule has 1 aromatic heterocycles. The van der Waals surface area contributed by atoms with Crippen LogP contribution in [0.1, 0.15) is 5.56 Å². The summed E-state index contributed by atoms with van der Waals surface area (Å²) in [7, 11) is 0. The Kier molecular flexibility index (Phi) is 4.20. The van der Waals surface area contributed by atoms with Gasteiger partial charge in [-0.05, 0) is 23.8 Å². The molecule has 4 nitrogen and oxygen atoms in total. The Bertz CT molecular complexity index is 596. The Morgan fingerprint density at radius 2 is 1.95 bits per heavy atom. The molecular formula is C13H9ClFN3O. The molecule has 96 valence electrons. The highest BCUT2D eigenvalue weighted by atomic mass is 35.5. The van der Waals surface area contributed by atoms with Crippen LogP contribution in [0.4, 0.5) is 10.2 Å². The van der Waals surface area contributed by atoms with Crippen LogP contribution in [0.25, 0.3) is 6.08 Å². The van der Waals surface area contributed by atoms with Gasteiger partial charge in [0.15, 0.2) is 5.82 Å². The van der Waals surface area contributed by atoms with Crippen molar-refractivity contribution in [2.24, 2.45) is 0 Å². The second-order valence-electron chi connectivity index (χ2n) is 3.60. The van der Waals surface area contributed by atoms with Gasteiger partial charge in [-0.25, -0.2) is 14.4 Å². The largest absolute Gasteiger partial charge is 0.306 e. The smallest absolute Gasteiger partial charge is 0.249 e. The summed E-state index contributed by atoms with van der Waals surface area (Å²) in [4.78, 5) is 19.2. The van der Waals surface area contributed by atoms with Crippen molar-refractivity contribution in [3.8, 4) is 0 Å². The lowest BCUT2D eigenvalue weighted by molar-refractivity contribution is -0.111. The van der Waals surface area contributed by atoms with Crippen LogP contribution in [-0.4, -0.2) is 15.9 Å². The van der Waals surface area contributed by atoms with Gasteiger partial charge in [0.2, 0.25) is 5.91 Å². The lowest BCUT2D eigenvalue weighted by atomic mass is 10.2. The van der Waals surface area contributed by atoms with E-state index >= 15 is 0 Å². The number of nitrogens with zero attached hydrogens (tertiary/aromatic N) is 2. The molecule has 1 aromatic carbocycles. The molecule has 0 bridgehead atoms. The Balaban J connectivity index is 1.97. The van der Waals surface area contributed by atoms with Gasteiger partial charge in [-0.3, -0.25) is 4.79 Å². The van der Waals surface area contributed by atoms with Crippen LogP contribution >= 0.6 is 11.6 Å². The normalized spacial score (nSPS) is 10.6. The van der Waals surface area contributed by atoms with E-state index in [-0.39, 0.29) is 16.9 Å². The predicted octanol–water partition coefficient (Wildman–Crippen LogP) is 2.92. The minimum Gasteiger partial charge on any atom is -0.306 e. The molecule has 0 unspecified atom stereocenters. The van der Waals surface area contributed by atoms with Crippen molar-refractivity contribution in [2.45, 2.75) is 0 Å². The molecule has 0 spiro atoms. The molecule has 0 atom stereocenters. The minimum absolute atomic E-state index is 0.250. The molecule has 6 heteroatoms. The van der Waals surface area contributed by atoms with E-state index in [1.165, 1.54) is 30.6 Å². The van der Waals surface area contributed by atoms with Gasteiger partial charge in [-0.1, -0.05) is 23.7 Å². The van der Waals surface area contributed by atoms with Gasteiger partial charge in [0.05, 0.1) is 12.4 Å². The number of carbonyl (C=O) groups is 1. The number of benzene rings is 1. The van der Waals surface area contributed by atoms with Crippen LogP contribution in [0.5, 0.6) is 0 Å². The molecule has 0 fully saturated rings. The van der Waals surface area contributed by atoms with E-state index in [2.05, 4.69) is 15.3 Å². The van der Waals surface area contributed by atoms with E-state index in [0.717, 1.165) is 5.56 Å². The first-order valence-electron chi connectivity index (χ1n) is 5.36. The van der Waals surface area contributed by atoms with Gasteiger partial charge in [-0.15, -0.1) is 0 Å². The SMILES string of the molecule is O=C(/C=C/c1ccc(F)cc1)Nc1cnc(Cl)cn1. The third-order valence-corrected chi connectivity index (χ3v) is 2.36. The van der Waals surface area contributed by atoms with E-state index < -0.39 is 0 Å². The van der Waals surface area contributed by atoms with Crippen LogP contribution < -0.4 is 5.32 Å². The number of carbonyl (C=O) groups excluding carboxylic acids is 1. The fourth-order valence-corrected chi connectivity index (χ4v) is 1.39. The molecule has 2 aromatic rings. The van der Waals surface area contributed by atoms with Crippen molar-refractivity contribution < 1.29 is 9.18 Å². The molecular weight excluding hydrogens is 269 g/mol. The molecule has 2 rings (SSSR count). The fraction of sp³-hybridized carbons (Fsp3) is 0. The maximum atomic E-state index is 12.7. The number of aromatic nitrogens is 2. The number of rotatable bonds is 3. The third-order valence-electron chi connectivity index (χ3n) is 2.17. The van der Waals surface area contributed by atoms with Crippen molar-refractivity contribution in [3.05, 3.63) is 59.3 Å². The van der Waals surface area contributed by atoms with E-state index in [9.17, 15) is 9.18 Å². The van der Waals surface area contributed by atoms with Crippen molar-refractivity contribution in [1.82, 2.24) is 9.97 Å². The van der Waals surface area contributed by atoms with Crippen molar-refractivity contribution in [3.63, 3.8) is 0 Å². The van der Waals surface area contributed by atoms with Crippen LogP contribution in [0.2, 0.25) is 5.15 Å². The third kappa shape index (κ3) is 4.15. The number of amides is 1. The number of hydrogen-bond acceptors (Lipinski definition) is 3. The molecule has 0 radical (unpaired) electrons. The maximum absolute atomic E-state index is 12.7. The molecule has 1 N–H and O–H groups in total. The molecule has 1 heterocycles. The second-order valence-corrected chi connectivity index (χ2v) is 3.99. The van der Waals surface area contributed by atoms with Gasteiger partial charge >= 0.3 is 0 Å². The first-order valence-corrected chi connectivity index (χ1v) is 5.73. The summed E-state index contributed by atoms with van der Waals surface area (Å²) in [5.74, 6) is -0.378. The number of halogens is 2. The molecule has 0 aliphatic carbocycles. The van der Waals surface area contributed by atoms with Crippen LogP contribution in [-0.2, 0) is 4.79 Å². The lowest BCUT2D eigenvalue weighted by Gasteiger charge is -1.99. The zero-order chi connectivity index (χ0) is 13.7. The average Bonchev–Trinajstić information content (AvgIpc) is 2.41. The van der Waals surface area contributed by atoms with Gasteiger partial charge in [-0.2, -0.15) is 0 Å². The summed E-state index contributed by atoms with van der Waals surface area (Å²) in [5.41, 5.74) is 0.721. The molecule has 19 heavy (non-hydrogen) atoms. The summed E-state index contributed by atoms with van der Waals surface area (Å²) >= 11 is 5.57. The lowest BCUT2D eigenvalue weighted by Crippen LogP contribution is -2.09. The zero-order valence-corrected chi connectivity index (χ0v) is 10.4. The first kappa shape index (κ1) is 13.2. The first-order chi connectivity index (χ1) is 9.13. The zero-order valence-electron chi connectivity index (χ0n) is 9.68. The van der Waals surface area contributed by atoms with Gasteiger partial charge < -0.3 is 5.32 Å². The minimum atomic E-state index is -0.360. The van der Waals surface area contributed by atoms with Crippen LogP contribution in [0.15, 0.2) is 42.7 Å². The summed E-state index contributed by atoms with van der Waals surface area (Å²) in [6.45, 7) is 0. The van der Waals surface area contributed by atoms with Gasteiger partial charge in [0, 0.05) is 6.08 Å². The Morgan fingerprint density at radius 3 is 2.58 bits per heavy atom.